The van der Waals surface area contributed by atoms with Gasteiger partial charge in [0.2, 0.25) is 11.8 Å². The molecule has 0 aliphatic carbocycles. The van der Waals surface area contributed by atoms with Crippen LogP contribution in [0.15, 0.2) is 76.2 Å². The van der Waals surface area contributed by atoms with Crippen LogP contribution < -0.4 is 9.50 Å². The van der Waals surface area contributed by atoms with Crippen LogP contribution in [-0.4, -0.2) is 25.1 Å². The number of nitrogens with one attached hydrogen (secondary N) is 1. The molecular weight excluding hydrogens is 456 g/mol. The molecule has 0 aliphatic rings. The van der Waals surface area contributed by atoms with Crippen LogP contribution in [0, 0.1) is 5.92 Å². The lowest BCUT2D eigenvalue weighted by Crippen LogP contribution is -2.31. The topological polar surface area (TPSA) is 106 Å². The summed E-state index contributed by atoms with van der Waals surface area (Å²) in [7, 11) is -4.14. The minimum absolute atomic E-state index is 0.0558. The molecule has 0 saturated carbocycles. The Kier molecular flexibility index (Phi) is 8.12. The molecule has 1 heterocycles. The first-order valence-corrected chi connectivity index (χ1v) is 12.2. The van der Waals surface area contributed by atoms with Crippen molar-refractivity contribution in [1.29, 1.82) is 0 Å². The Labute approximate surface area is 199 Å². The third-order valence-corrected chi connectivity index (χ3v) is 6.11. The van der Waals surface area contributed by atoms with E-state index in [9.17, 15) is 18.0 Å². The molecule has 2 aromatic carbocycles. The van der Waals surface area contributed by atoms with Crippen molar-refractivity contribution in [3.8, 4) is 5.75 Å². The van der Waals surface area contributed by atoms with Gasteiger partial charge >= 0.3 is 10.1 Å². The summed E-state index contributed by atoms with van der Waals surface area (Å²) in [5.41, 5.74) is 1.02. The van der Waals surface area contributed by atoms with E-state index in [-0.39, 0.29) is 41.5 Å². The minimum atomic E-state index is -4.14. The number of hydrogen-bond donors (Lipinski definition) is 1. The number of carbonyl (C=O) groups is 2. The Balaban J connectivity index is 1.83. The summed E-state index contributed by atoms with van der Waals surface area (Å²) in [6.45, 7) is 5.70. The quantitative estimate of drug-likeness (QED) is 0.422. The predicted molar refractivity (Wildman–Crippen MR) is 127 cm³/mol. The number of furan rings is 1. The smallest absolute Gasteiger partial charge is 0.339 e. The monoisotopic (exact) mass is 484 g/mol. The van der Waals surface area contributed by atoms with Crippen molar-refractivity contribution in [2.24, 2.45) is 5.92 Å². The lowest BCUT2D eigenvalue weighted by atomic mass is 10.1. The van der Waals surface area contributed by atoms with Crippen molar-refractivity contribution >= 4 is 27.6 Å². The molecule has 9 heteroatoms. The molecule has 0 spiro atoms. The van der Waals surface area contributed by atoms with E-state index in [0.29, 0.717) is 23.4 Å². The van der Waals surface area contributed by atoms with Gasteiger partial charge in [-0.25, -0.2) is 0 Å². The SMILES string of the molecule is CC(=O)Nc1ccc(S(=O)(=O)Oc2ccccc2CN(Cc2ccco2)C(=O)CC(C)C)cc1. The summed E-state index contributed by atoms with van der Waals surface area (Å²) in [5, 5.41) is 2.59. The fraction of sp³-hybridized carbons (Fsp3) is 0.280. The Morgan fingerprint density at radius 1 is 1.00 bits per heavy atom. The van der Waals surface area contributed by atoms with Gasteiger partial charge in [0.05, 0.1) is 12.8 Å². The van der Waals surface area contributed by atoms with Gasteiger partial charge < -0.3 is 18.8 Å². The van der Waals surface area contributed by atoms with Crippen molar-refractivity contribution in [2.45, 2.75) is 45.2 Å². The number of para-hydroxylation sites is 1. The van der Waals surface area contributed by atoms with E-state index in [4.69, 9.17) is 8.60 Å². The maximum absolute atomic E-state index is 12.9. The summed E-state index contributed by atoms with van der Waals surface area (Å²) >= 11 is 0. The molecule has 0 radical (unpaired) electrons. The van der Waals surface area contributed by atoms with Gasteiger partial charge in [-0.3, -0.25) is 9.59 Å². The lowest BCUT2D eigenvalue weighted by molar-refractivity contribution is -0.133. The third kappa shape index (κ3) is 6.95. The van der Waals surface area contributed by atoms with Crippen LogP contribution >= 0.6 is 0 Å². The van der Waals surface area contributed by atoms with Crippen molar-refractivity contribution in [2.75, 3.05) is 5.32 Å². The van der Waals surface area contributed by atoms with Crippen LogP contribution in [0.3, 0.4) is 0 Å². The molecule has 180 valence electrons. The average molecular weight is 485 g/mol. The van der Waals surface area contributed by atoms with Crippen molar-refractivity contribution in [1.82, 2.24) is 4.90 Å². The molecule has 1 N–H and O–H groups in total. The second-order valence-electron chi connectivity index (χ2n) is 8.28. The number of rotatable bonds is 10. The van der Waals surface area contributed by atoms with Gasteiger partial charge in [0.15, 0.2) is 0 Å². The van der Waals surface area contributed by atoms with E-state index in [1.54, 1.807) is 47.6 Å². The molecule has 1 aromatic heterocycles. The second kappa shape index (κ2) is 11.0. The predicted octanol–water partition coefficient (Wildman–Crippen LogP) is 4.58. The molecule has 0 bridgehead atoms. The van der Waals surface area contributed by atoms with Crippen LogP contribution in [0.1, 0.15) is 38.5 Å². The zero-order valence-corrected chi connectivity index (χ0v) is 20.2. The largest absolute Gasteiger partial charge is 0.467 e. The molecule has 3 rings (SSSR count). The summed E-state index contributed by atoms with van der Waals surface area (Å²) in [6.07, 6.45) is 1.89. The van der Waals surface area contributed by atoms with Crippen LogP contribution in [0.2, 0.25) is 0 Å². The van der Waals surface area contributed by atoms with Crippen LogP contribution in [-0.2, 0) is 32.8 Å². The van der Waals surface area contributed by atoms with Gasteiger partial charge in [0.1, 0.15) is 16.4 Å². The van der Waals surface area contributed by atoms with E-state index in [1.807, 2.05) is 13.8 Å². The average Bonchev–Trinajstić information content (AvgIpc) is 3.27. The van der Waals surface area contributed by atoms with Crippen LogP contribution in [0.4, 0.5) is 5.69 Å². The highest BCUT2D eigenvalue weighted by atomic mass is 32.2. The molecule has 0 atom stereocenters. The number of amides is 2. The molecule has 8 nitrogen and oxygen atoms in total. The number of hydrogen-bond acceptors (Lipinski definition) is 6. The standard InChI is InChI=1S/C25H28N2O6S/c1-18(2)15-25(29)27(17-22-8-6-14-32-22)16-20-7-4-5-9-24(20)33-34(30,31)23-12-10-21(11-13-23)26-19(3)28/h4-14,18H,15-17H2,1-3H3,(H,26,28). The molecule has 0 unspecified atom stereocenters. The van der Waals surface area contributed by atoms with E-state index < -0.39 is 10.1 Å². The van der Waals surface area contributed by atoms with Crippen molar-refractivity contribution in [3.63, 3.8) is 0 Å². The number of carbonyl (C=O) groups excluding carboxylic acids is 2. The summed E-state index contributed by atoms with van der Waals surface area (Å²) in [4.78, 5) is 25.7. The van der Waals surface area contributed by atoms with Gasteiger partial charge in [-0.05, 0) is 48.4 Å². The minimum Gasteiger partial charge on any atom is -0.467 e. The number of nitrogens with zero attached hydrogens (tertiary/aromatic N) is 1. The molecule has 3 aromatic rings. The Hall–Kier alpha value is -3.59. The van der Waals surface area contributed by atoms with E-state index >= 15 is 0 Å². The molecule has 0 saturated heterocycles. The first-order chi connectivity index (χ1) is 16.1. The van der Waals surface area contributed by atoms with Gasteiger partial charge in [-0.2, -0.15) is 8.42 Å². The number of benzene rings is 2. The highest BCUT2D eigenvalue weighted by Crippen LogP contribution is 2.26. The molecule has 2 amide bonds. The van der Waals surface area contributed by atoms with E-state index in [1.165, 1.54) is 31.2 Å². The highest BCUT2D eigenvalue weighted by molar-refractivity contribution is 7.87. The van der Waals surface area contributed by atoms with E-state index in [2.05, 4.69) is 5.32 Å². The van der Waals surface area contributed by atoms with Crippen molar-refractivity contribution in [3.05, 3.63) is 78.3 Å². The van der Waals surface area contributed by atoms with Gasteiger partial charge in [0, 0.05) is 31.1 Å². The zero-order valence-electron chi connectivity index (χ0n) is 19.4. The highest BCUT2D eigenvalue weighted by Gasteiger charge is 2.22. The van der Waals surface area contributed by atoms with Crippen LogP contribution in [0.5, 0.6) is 5.75 Å². The third-order valence-electron chi connectivity index (χ3n) is 4.86. The van der Waals surface area contributed by atoms with Gasteiger partial charge in [-0.1, -0.05) is 32.0 Å². The van der Waals surface area contributed by atoms with Gasteiger partial charge in [-0.15, -0.1) is 0 Å². The first-order valence-electron chi connectivity index (χ1n) is 10.8. The first kappa shape index (κ1) is 25.0. The number of anilines is 1. The Morgan fingerprint density at radius 2 is 1.71 bits per heavy atom. The molecule has 0 aliphatic heterocycles. The Morgan fingerprint density at radius 3 is 2.32 bits per heavy atom. The summed E-state index contributed by atoms with van der Waals surface area (Å²) < 4.78 is 36.7. The fourth-order valence-electron chi connectivity index (χ4n) is 3.30. The molecule has 0 fully saturated rings. The van der Waals surface area contributed by atoms with Crippen molar-refractivity contribution < 1.29 is 26.6 Å². The molecule has 34 heavy (non-hydrogen) atoms. The maximum atomic E-state index is 12.9. The second-order valence-corrected chi connectivity index (χ2v) is 9.82. The van der Waals surface area contributed by atoms with Crippen LogP contribution in [0.25, 0.3) is 0 Å². The van der Waals surface area contributed by atoms with E-state index in [0.717, 1.165) is 0 Å². The zero-order chi connectivity index (χ0) is 24.7. The maximum Gasteiger partial charge on any atom is 0.339 e. The Bertz CT molecular complexity index is 1220. The normalized spacial score (nSPS) is 11.3. The summed E-state index contributed by atoms with van der Waals surface area (Å²) in [6, 6.07) is 15.9. The van der Waals surface area contributed by atoms with Gasteiger partial charge in [0.25, 0.3) is 0 Å². The molecular formula is C25H28N2O6S. The lowest BCUT2D eigenvalue weighted by Gasteiger charge is -2.24. The fourth-order valence-corrected chi connectivity index (χ4v) is 4.26. The summed E-state index contributed by atoms with van der Waals surface area (Å²) in [5.74, 6) is 0.598.